The van der Waals surface area contributed by atoms with Gasteiger partial charge in [-0.25, -0.2) is 0 Å². The molecule has 0 unspecified atom stereocenters. The van der Waals surface area contributed by atoms with Crippen LogP contribution in [0.5, 0.6) is 11.5 Å². The van der Waals surface area contributed by atoms with E-state index < -0.39 is 12.1 Å². The highest BCUT2D eigenvalue weighted by Gasteiger charge is 2.47. The summed E-state index contributed by atoms with van der Waals surface area (Å²) in [5.74, 6) is 0.897. The van der Waals surface area contributed by atoms with Crippen LogP contribution in [0.15, 0.2) is 72.8 Å². The molecule has 1 fully saturated rings. The monoisotopic (exact) mass is 458 g/mol. The molecule has 1 aliphatic rings. The number of benzene rings is 3. The van der Waals surface area contributed by atoms with Crippen molar-refractivity contribution in [3.8, 4) is 11.5 Å². The minimum atomic E-state index is -0.791. The molecule has 174 valence electrons. The van der Waals surface area contributed by atoms with Gasteiger partial charge in [0.15, 0.2) is 6.04 Å². The van der Waals surface area contributed by atoms with Crippen molar-refractivity contribution in [1.29, 1.82) is 0 Å². The second-order valence-corrected chi connectivity index (χ2v) is 8.05. The van der Waals surface area contributed by atoms with Crippen molar-refractivity contribution in [2.24, 2.45) is 0 Å². The van der Waals surface area contributed by atoms with Gasteiger partial charge >= 0.3 is 5.91 Å². The summed E-state index contributed by atoms with van der Waals surface area (Å²) in [6.45, 7) is 4.48. The molecule has 0 aliphatic carbocycles. The van der Waals surface area contributed by atoms with Gasteiger partial charge in [0.05, 0.1) is 13.7 Å². The number of amides is 2. The maximum atomic E-state index is 13.0. The first kappa shape index (κ1) is 23.0. The van der Waals surface area contributed by atoms with Crippen LogP contribution in [0.4, 0.5) is 0 Å². The summed E-state index contributed by atoms with van der Waals surface area (Å²) in [5, 5.41) is 2.92. The number of aryl methyl sites for hydroxylation is 1. The van der Waals surface area contributed by atoms with Crippen molar-refractivity contribution >= 4 is 18.0 Å². The van der Waals surface area contributed by atoms with E-state index in [-0.39, 0.29) is 11.8 Å². The molecule has 0 radical (unpaired) electrons. The van der Waals surface area contributed by atoms with Gasteiger partial charge < -0.3 is 14.8 Å². The van der Waals surface area contributed by atoms with Gasteiger partial charge in [-0.1, -0.05) is 17.7 Å². The molecule has 2 atom stereocenters. The fraction of sp³-hybridized carbons (Fsp3) is 0.222. The first-order valence-corrected chi connectivity index (χ1v) is 11.2. The highest BCUT2D eigenvalue weighted by atomic mass is 16.5. The van der Waals surface area contributed by atoms with Gasteiger partial charge in [0.2, 0.25) is 12.3 Å². The van der Waals surface area contributed by atoms with Crippen LogP contribution in [0.3, 0.4) is 0 Å². The Kier molecular flexibility index (Phi) is 6.92. The standard InChI is InChI=1S/C27H27N3O4/c1-4-34-23-13-7-19(8-14-23)17-30-25(20-11-15-22(33-3)16-12-20)24(27(32)29-30)28-26(31)21-9-5-18(2)6-10-21/h5-17,24-25H,4H2,1-3H3,(H-,28,29,31,32)/p+1/b30-17-/t24-,25-/m1/s1. The molecule has 0 bridgehead atoms. The van der Waals surface area contributed by atoms with E-state index in [1.165, 1.54) is 0 Å². The molecular weight excluding hydrogens is 430 g/mol. The van der Waals surface area contributed by atoms with E-state index in [4.69, 9.17) is 9.47 Å². The summed E-state index contributed by atoms with van der Waals surface area (Å²) >= 11 is 0. The van der Waals surface area contributed by atoms with Crippen molar-refractivity contribution in [3.63, 3.8) is 0 Å². The Balaban J connectivity index is 1.67. The highest BCUT2D eigenvalue weighted by molar-refractivity contribution is 5.98. The fourth-order valence-corrected chi connectivity index (χ4v) is 3.89. The Labute approximate surface area is 199 Å². The molecule has 3 aromatic carbocycles. The number of ether oxygens (including phenoxy) is 2. The zero-order valence-electron chi connectivity index (χ0n) is 19.4. The van der Waals surface area contributed by atoms with Gasteiger partial charge in [-0.05, 0) is 74.5 Å². The molecule has 3 aromatic rings. The number of methoxy groups -OCH3 is 1. The van der Waals surface area contributed by atoms with Gasteiger partial charge in [-0.15, -0.1) is 10.1 Å². The molecule has 7 heteroatoms. The minimum Gasteiger partial charge on any atom is -0.497 e. The maximum absolute atomic E-state index is 13.0. The van der Waals surface area contributed by atoms with E-state index in [0.717, 1.165) is 22.4 Å². The highest BCUT2D eigenvalue weighted by Crippen LogP contribution is 2.27. The normalized spacial score (nSPS) is 18.4. The molecule has 0 aromatic heterocycles. The van der Waals surface area contributed by atoms with Crippen LogP contribution in [0.1, 0.15) is 40.0 Å². The van der Waals surface area contributed by atoms with Crippen LogP contribution in [-0.2, 0) is 4.79 Å². The van der Waals surface area contributed by atoms with Crippen LogP contribution in [0, 0.1) is 6.92 Å². The second-order valence-electron chi connectivity index (χ2n) is 8.05. The molecule has 34 heavy (non-hydrogen) atoms. The Hall–Kier alpha value is -4.13. The number of nitrogens with zero attached hydrogens (tertiary/aromatic N) is 1. The SMILES string of the molecule is CCOc1ccc(/C=[N+]2\NC(=O)[C@H](NC(=O)c3ccc(C)cc3)[C@H]2c2ccc(OC)cc2)cc1. The zero-order valence-corrected chi connectivity index (χ0v) is 19.4. The van der Waals surface area contributed by atoms with E-state index in [1.807, 2.05) is 80.7 Å². The number of carbonyl (C=O) groups excluding carboxylic acids is 2. The summed E-state index contributed by atoms with van der Waals surface area (Å²) in [4.78, 5) is 26.0. The quantitative estimate of drug-likeness (QED) is 0.532. The molecule has 0 spiro atoms. The Morgan fingerprint density at radius 1 is 1.00 bits per heavy atom. The number of hydrazine groups is 1. The molecule has 2 N–H and O–H groups in total. The number of carbonyl (C=O) groups is 2. The minimum absolute atomic E-state index is 0.288. The third-order valence-corrected chi connectivity index (χ3v) is 5.67. The maximum Gasteiger partial charge on any atom is 0.304 e. The molecule has 1 saturated heterocycles. The predicted octanol–water partition coefficient (Wildman–Crippen LogP) is 3.42. The molecular formula is C27H28N3O4+. The largest absolute Gasteiger partial charge is 0.497 e. The van der Waals surface area contributed by atoms with Crippen LogP contribution < -0.4 is 20.2 Å². The Bertz CT molecular complexity index is 1190. The van der Waals surface area contributed by atoms with E-state index >= 15 is 0 Å². The van der Waals surface area contributed by atoms with Gasteiger partial charge in [0, 0.05) is 16.7 Å². The van der Waals surface area contributed by atoms with Crippen molar-refractivity contribution in [3.05, 3.63) is 95.1 Å². The molecule has 1 heterocycles. The van der Waals surface area contributed by atoms with Gasteiger partial charge in [-0.2, -0.15) is 0 Å². The lowest BCUT2D eigenvalue weighted by Gasteiger charge is -2.15. The zero-order chi connectivity index (χ0) is 24.1. The van der Waals surface area contributed by atoms with Gasteiger partial charge in [0.1, 0.15) is 11.5 Å². The Morgan fingerprint density at radius 3 is 2.26 bits per heavy atom. The molecule has 1 aliphatic heterocycles. The van der Waals surface area contributed by atoms with Gasteiger partial charge in [0.25, 0.3) is 5.91 Å². The van der Waals surface area contributed by atoms with E-state index in [0.29, 0.717) is 17.9 Å². The lowest BCUT2D eigenvalue weighted by molar-refractivity contribution is -0.596. The number of hydrazone groups is 1. The summed E-state index contributed by atoms with van der Waals surface area (Å²) in [5.41, 5.74) is 6.19. The lowest BCUT2D eigenvalue weighted by atomic mass is 9.99. The molecule has 4 rings (SSSR count). The first-order valence-electron chi connectivity index (χ1n) is 11.2. The van der Waals surface area contributed by atoms with E-state index in [1.54, 1.807) is 23.9 Å². The number of rotatable bonds is 7. The fourth-order valence-electron chi connectivity index (χ4n) is 3.89. The van der Waals surface area contributed by atoms with Crippen molar-refractivity contribution < 1.29 is 23.7 Å². The van der Waals surface area contributed by atoms with Crippen LogP contribution in [0.2, 0.25) is 0 Å². The molecule has 0 saturated carbocycles. The van der Waals surface area contributed by atoms with Crippen LogP contribution in [0.25, 0.3) is 0 Å². The van der Waals surface area contributed by atoms with Crippen molar-refractivity contribution in [2.45, 2.75) is 25.9 Å². The summed E-state index contributed by atoms with van der Waals surface area (Å²) in [6.07, 6.45) is 1.85. The average Bonchev–Trinajstić information content (AvgIpc) is 3.15. The number of hydrogen-bond donors (Lipinski definition) is 2. The van der Waals surface area contributed by atoms with Crippen molar-refractivity contribution in [1.82, 2.24) is 10.7 Å². The number of nitrogens with one attached hydrogen (secondary N) is 2. The topological polar surface area (TPSA) is 79.7 Å². The average molecular weight is 459 g/mol. The third-order valence-electron chi connectivity index (χ3n) is 5.67. The van der Waals surface area contributed by atoms with E-state index in [9.17, 15) is 9.59 Å². The smallest absolute Gasteiger partial charge is 0.304 e. The molecule has 2 amide bonds. The third kappa shape index (κ3) is 5.09. The number of hydrogen-bond acceptors (Lipinski definition) is 4. The summed E-state index contributed by atoms with van der Waals surface area (Å²) in [7, 11) is 1.60. The lowest BCUT2D eigenvalue weighted by Crippen LogP contribution is -2.42. The van der Waals surface area contributed by atoms with E-state index in [2.05, 4.69) is 10.7 Å². The second kappa shape index (κ2) is 10.2. The van der Waals surface area contributed by atoms with Crippen LogP contribution in [-0.4, -0.2) is 42.5 Å². The van der Waals surface area contributed by atoms with Crippen molar-refractivity contribution in [2.75, 3.05) is 13.7 Å². The van der Waals surface area contributed by atoms with Crippen LogP contribution >= 0.6 is 0 Å². The Morgan fingerprint density at radius 2 is 1.65 bits per heavy atom. The summed E-state index contributed by atoms with van der Waals surface area (Å²) < 4.78 is 12.5. The molecule has 7 nitrogen and oxygen atoms in total. The predicted molar refractivity (Wildman–Crippen MR) is 129 cm³/mol. The summed E-state index contributed by atoms with van der Waals surface area (Å²) in [6, 6.07) is 21.1. The first-order chi connectivity index (χ1) is 16.5. The van der Waals surface area contributed by atoms with Gasteiger partial charge in [-0.3, -0.25) is 9.59 Å².